The maximum atomic E-state index is 13.2. The van der Waals surface area contributed by atoms with Crippen molar-refractivity contribution in [2.24, 2.45) is 5.92 Å². The molecule has 2 heterocycles. The number of anilines is 1. The first-order chi connectivity index (χ1) is 11.6. The molecule has 24 heavy (non-hydrogen) atoms. The van der Waals surface area contributed by atoms with Crippen molar-refractivity contribution in [2.45, 2.75) is 57.9 Å². The van der Waals surface area contributed by atoms with Crippen molar-refractivity contribution in [1.82, 2.24) is 4.90 Å². The van der Waals surface area contributed by atoms with E-state index < -0.39 is 0 Å². The van der Waals surface area contributed by atoms with Crippen molar-refractivity contribution in [2.75, 3.05) is 18.0 Å². The molecule has 0 aromatic heterocycles. The van der Waals surface area contributed by atoms with Gasteiger partial charge in [0, 0.05) is 31.2 Å². The standard InChI is InChI=1S/C20H26N2O2/c1-14-6-4-7-15-8-5-11-21(19(14)15)20(24)16-12-18(23)22(13-16)17-9-2-3-10-17/h4,6-7,16-17H,2-3,5,8-13H2,1H3/t16-/m1/s1. The van der Waals surface area contributed by atoms with Gasteiger partial charge in [0.2, 0.25) is 11.8 Å². The van der Waals surface area contributed by atoms with Gasteiger partial charge in [-0.05, 0) is 43.7 Å². The van der Waals surface area contributed by atoms with E-state index in [4.69, 9.17) is 0 Å². The number of amides is 2. The summed E-state index contributed by atoms with van der Waals surface area (Å²) in [4.78, 5) is 29.6. The third-order valence-corrected chi connectivity index (χ3v) is 5.96. The fraction of sp³-hybridized carbons (Fsp3) is 0.600. The Kier molecular flexibility index (Phi) is 4.07. The average Bonchev–Trinajstić information content (AvgIpc) is 3.23. The van der Waals surface area contributed by atoms with Crippen molar-refractivity contribution < 1.29 is 9.59 Å². The summed E-state index contributed by atoms with van der Waals surface area (Å²) in [5, 5.41) is 0. The van der Waals surface area contributed by atoms with Gasteiger partial charge in [-0.25, -0.2) is 0 Å². The van der Waals surface area contributed by atoms with Crippen LogP contribution < -0.4 is 4.90 Å². The number of aryl methyl sites for hydroxylation is 2. The van der Waals surface area contributed by atoms with Crippen LogP contribution in [0.15, 0.2) is 18.2 Å². The van der Waals surface area contributed by atoms with Gasteiger partial charge in [0.05, 0.1) is 5.92 Å². The minimum Gasteiger partial charge on any atom is -0.339 e. The number of carbonyl (C=O) groups is 2. The van der Waals surface area contributed by atoms with Crippen LogP contribution >= 0.6 is 0 Å². The van der Waals surface area contributed by atoms with E-state index in [9.17, 15) is 9.59 Å². The number of hydrogen-bond acceptors (Lipinski definition) is 2. The first-order valence-electron chi connectivity index (χ1n) is 9.34. The Bertz CT molecular complexity index is 664. The molecule has 4 heteroatoms. The minimum absolute atomic E-state index is 0.152. The SMILES string of the molecule is Cc1cccc2c1N(C(=O)[C@@H]1CC(=O)N(C3CCCC3)C1)CCC2. The molecule has 2 fully saturated rings. The monoisotopic (exact) mass is 326 g/mol. The van der Waals surface area contributed by atoms with Crippen LogP contribution in [-0.4, -0.2) is 35.8 Å². The number of nitrogens with zero attached hydrogens (tertiary/aromatic N) is 2. The summed E-state index contributed by atoms with van der Waals surface area (Å²) in [6.45, 7) is 3.49. The summed E-state index contributed by atoms with van der Waals surface area (Å²) in [6, 6.07) is 6.66. The van der Waals surface area contributed by atoms with E-state index in [-0.39, 0.29) is 17.7 Å². The number of benzene rings is 1. The molecule has 2 amide bonds. The number of rotatable bonds is 2. The second-order valence-corrected chi connectivity index (χ2v) is 7.56. The lowest BCUT2D eigenvalue weighted by Gasteiger charge is -2.33. The number of likely N-dealkylation sites (tertiary alicyclic amines) is 1. The zero-order valence-corrected chi connectivity index (χ0v) is 14.5. The Balaban J connectivity index is 1.54. The summed E-state index contributed by atoms with van der Waals surface area (Å²) in [6.07, 6.45) is 7.09. The molecule has 1 saturated carbocycles. The molecule has 0 radical (unpaired) electrons. The zero-order valence-electron chi connectivity index (χ0n) is 14.5. The number of carbonyl (C=O) groups excluding carboxylic acids is 2. The highest BCUT2D eigenvalue weighted by atomic mass is 16.2. The maximum absolute atomic E-state index is 13.2. The summed E-state index contributed by atoms with van der Waals surface area (Å²) in [7, 11) is 0. The van der Waals surface area contributed by atoms with Crippen molar-refractivity contribution in [3.63, 3.8) is 0 Å². The lowest BCUT2D eigenvalue weighted by Crippen LogP contribution is -2.41. The molecule has 0 N–H and O–H groups in total. The maximum Gasteiger partial charge on any atom is 0.232 e. The Morgan fingerprint density at radius 1 is 1.17 bits per heavy atom. The summed E-state index contributed by atoms with van der Waals surface area (Å²) in [5.41, 5.74) is 3.53. The molecule has 0 spiro atoms. The van der Waals surface area contributed by atoms with Gasteiger partial charge < -0.3 is 9.80 Å². The van der Waals surface area contributed by atoms with E-state index in [1.807, 2.05) is 9.80 Å². The average molecular weight is 326 g/mol. The van der Waals surface area contributed by atoms with Crippen molar-refractivity contribution in [1.29, 1.82) is 0 Å². The summed E-state index contributed by atoms with van der Waals surface area (Å²) in [5.74, 6) is 0.171. The van der Waals surface area contributed by atoms with E-state index >= 15 is 0 Å². The highest BCUT2D eigenvalue weighted by Crippen LogP contribution is 2.35. The Morgan fingerprint density at radius 3 is 2.75 bits per heavy atom. The van der Waals surface area contributed by atoms with Crippen LogP contribution in [0.25, 0.3) is 0 Å². The van der Waals surface area contributed by atoms with Gasteiger partial charge in [0.1, 0.15) is 0 Å². The molecule has 1 aromatic carbocycles. The zero-order chi connectivity index (χ0) is 16.7. The highest BCUT2D eigenvalue weighted by Gasteiger charge is 2.41. The molecule has 4 nitrogen and oxygen atoms in total. The van der Waals surface area contributed by atoms with Gasteiger partial charge in [-0.2, -0.15) is 0 Å². The fourth-order valence-electron chi connectivity index (χ4n) is 4.75. The van der Waals surface area contributed by atoms with E-state index in [1.165, 1.54) is 18.4 Å². The molecule has 1 atom stereocenters. The number of hydrogen-bond donors (Lipinski definition) is 0. The van der Waals surface area contributed by atoms with Gasteiger partial charge in [-0.3, -0.25) is 9.59 Å². The third kappa shape index (κ3) is 2.62. The quantitative estimate of drug-likeness (QED) is 0.838. The third-order valence-electron chi connectivity index (χ3n) is 5.96. The molecule has 0 unspecified atom stereocenters. The van der Waals surface area contributed by atoms with Crippen molar-refractivity contribution >= 4 is 17.5 Å². The molecule has 1 saturated heterocycles. The predicted octanol–water partition coefficient (Wildman–Crippen LogP) is 3.07. The lowest BCUT2D eigenvalue weighted by molar-refractivity contribution is -0.130. The van der Waals surface area contributed by atoms with Gasteiger partial charge in [-0.1, -0.05) is 31.0 Å². The molecular weight excluding hydrogens is 300 g/mol. The van der Waals surface area contributed by atoms with Gasteiger partial charge >= 0.3 is 0 Å². The van der Waals surface area contributed by atoms with Crippen LogP contribution in [0.4, 0.5) is 5.69 Å². The van der Waals surface area contributed by atoms with Crippen LogP contribution in [-0.2, 0) is 16.0 Å². The predicted molar refractivity (Wildman–Crippen MR) is 93.9 cm³/mol. The molecular formula is C20H26N2O2. The number of fused-ring (bicyclic) bond motifs is 1. The first-order valence-corrected chi connectivity index (χ1v) is 9.34. The number of para-hydroxylation sites is 1. The van der Waals surface area contributed by atoms with Crippen LogP contribution in [0.5, 0.6) is 0 Å². The van der Waals surface area contributed by atoms with E-state index in [1.54, 1.807) is 0 Å². The van der Waals surface area contributed by atoms with E-state index in [2.05, 4.69) is 25.1 Å². The van der Waals surface area contributed by atoms with Gasteiger partial charge in [0.25, 0.3) is 0 Å². The molecule has 4 rings (SSSR count). The second kappa shape index (κ2) is 6.23. The Morgan fingerprint density at radius 2 is 1.96 bits per heavy atom. The topological polar surface area (TPSA) is 40.6 Å². The second-order valence-electron chi connectivity index (χ2n) is 7.56. The summed E-state index contributed by atoms with van der Waals surface area (Å²) < 4.78 is 0. The minimum atomic E-state index is -0.163. The van der Waals surface area contributed by atoms with Crippen LogP contribution in [0.1, 0.15) is 49.7 Å². The first kappa shape index (κ1) is 15.7. The van der Waals surface area contributed by atoms with Gasteiger partial charge in [-0.15, -0.1) is 0 Å². The molecule has 2 aliphatic heterocycles. The molecule has 0 bridgehead atoms. The molecule has 1 aliphatic carbocycles. The van der Waals surface area contributed by atoms with Crippen LogP contribution in [0.3, 0.4) is 0 Å². The Labute approximate surface area is 143 Å². The van der Waals surface area contributed by atoms with Crippen molar-refractivity contribution in [3.05, 3.63) is 29.3 Å². The van der Waals surface area contributed by atoms with Crippen LogP contribution in [0.2, 0.25) is 0 Å². The highest BCUT2D eigenvalue weighted by molar-refractivity contribution is 6.00. The largest absolute Gasteiger partial charge is 0.339 e. The van der Waals surface area contributed by atoms with Crippen LogP contribution in [0, 0.1) is 12.8 Å². The molecule has 3 aliphatic rings. The van der Waals surface area contributed by atoms with Gasteiger partial charge in [0.15, 0.2) is 0 Å². The van der Waals surface area contributed by atoms with E-state index in [0.717, 1.165) is 43.5 Å². The van der Waals surface area contributed by atoms with Crippen molar-refractivity contribution in [3.8, 4) is 0 Å². The fourth-order valence-corrected chi connectivity index (χ4v) is 4.75. The summed E-state index contributed by atoms with van der Waals surface area (Å²) >= 11 is 0. The Hall–Kier alpha value is -1.84. The smallest absolute Gasteiger partial charge is 0.232 e. The molecule has 1 aromatic rings. The lowest BCUT2D eigenvalue weighted by atomic mass is 9.96. The molecule has 128 valence electrons. The van der Waals surface area contributed by atoms with E-state index in [0.29, 0.717) is 19.0 Å². The normalized spacial score (nSPS) is 24.5.